The third-order valence-corrected chi connectivity index (χ3v) is 17.8. The van der Waals surface area contributed by atoms with Crippen LogP contribution in [0.15, 0.2) is 59.7 Å². The second kappa shape index (κ2) is 12.0. The topological polar surface area (TPSA) is 107 Å². The Balaban J connectivity index is 1.03. The largest absolute Gasteiger partial charge is 0.508 e. The number of phenolic OH excluding ortho intramolecular Hbond substituents is 2. The zero-order valence-corrected chi connectivity index (χ0v) is 33.4. The summed E-state index contributed by atoms with van der Waals surface area (Å²) in [4.78, 5) is 29.6. The number of rotatable bonds is 7. The number of epoxide rings is 1. The molecule has 0 amide bonds. The van der Waals surface area contributed by atoms with E-state index >= 15 is 0 Å². The molecule has 9 rings (SSSR count). The van der Waals surface area contributed by atoms with Crippen LogP contribution in [0.25, 0.3) is 0 Å². The Morgan fingerprint density at radius 2 is 1.59 bits per heavy atom. The lowest BCUT2D eigenvalue weighted by Gasteiger charge is -2.69. The highest BCUT2D eigenvalue weighted by Crippen LogP contribution is 2.77. The quantitative estimate of drug-likeness (QED) is 0.245. The molecular formula is C48H62O6. The maximum atomic E-state index is 15.0. The number of phenols is 2. The van der Waals surface area contributed by atoms with Gasteiger partial charge in [-0.25, -0.2) is 0 Å². The average molecular weight is 735 g/mol. The number of ketones is 2. The smallest absolute Gasteiger partial charge is 0.160 e. The summed E-state index contributed by atoms with van der Waals surface area (Å²) < 4.78 is 6.47. The van der Waals surface area contributed by atoms with E-state index < -0.39 is 22.5 Å². The van der Waals surface area contributed by atoms with Crippen molar-refractivity contribution in [3.05, 3.63) is 70.8 Å². The Morgan fingerprint density at radius 1 is 0.852 bits per heavy atom. The molecule has 5 saturated carbocycles. The third kappa shape index (κ3) is 4.83. The van der Waals surface area contributed by atoms with Crippen LogP contribution in [-0.2, 0) is 19.7 Å². The Kier molecular flexibility index (Phi) is 8.16. The first-order valence-corrected chi connectivity index (χ1v) is 21.3. The molecule has 3 N–H and O–H groups in total. The van der Waals surface area contributed by atoms with Crippen molar-refractivity contribution in [2.45, 2.75) is 154 Å². The minimum atomic E-state index is -0.664. The summed E-state index contributed by atoms with van der Waals surface area (Å²) in [5.41, 5.74) is 2.52. The van der Waals surface area contributed by atoms with E-state index in [0.717, 1.165) is 87.3 Å². The highest BCUT2D eigenvalue weighted by Gasteiger charge is 2.73. The molecule has 1 aliphatic heterocycles. The molecule has 12 atom stereocenters. The standard InChI is InChI=1S/C48H62O6/c1-28(23-36(51)41-46(6,54-41)34-16-9-15-33(34)29-11-7-13-31(49)24-29)40-35-17-18-39-44(4)27-47(30-12-8-14-32(50)25-30)20-10-21-48(35,26-37(40)52)45(39,5)22-19-38(44)43(2,3)42(47)53/h7-8,11-14,24-25,28,33-34,36,38-39,41,49-51H,9-10,15-23,26-27H2,1-6H3/t28-,33+,34-,36-,38+,39-,41-,44-,45-,46-,47+,48+/m1/s1. The number of carbonyl (C=O) groups excluding carboxylic acids is 2. The summed E-state index contributed by atoms with van der Waals surface area (Å²) in [5.74, 6) is 2.27. The first kappa shape index (κ1) is 36.7. The van der Waals surface area contributed by atoms with E-state index in [1.54, 1.807) is 12.1 Å². The molecule has 2 aromatic rings. The Bertz CT molecular complexity index is 1930. The van der Waals surface area contributed by atoms with E-state index in [2.05, 4.69) is 53.7 Å². The molecule has 0 aromatic heterocycles. The normalized spacial score (nSPS) is 43.3. The summed E-state index contributed by atoms with van der Waals surface area (Å²) in [6.07, 6.45) is 10.6. The Morgan fingerprint density at radius 3 is 2.33 bits per heavy atom. The lowest BCUT2D eigenvalue weighted by molar-refractivity contribution is -0.191. The van der Waals surface area contributed by atoms with E-state index in [1.165, 1.54) is 5.57 Å². The predicted octanol–water partition coefficient (Wildman–Crippen LogP) is 9.74. The van der Waals surface area contributed by atoms with Gasteiger partial charge in [0, 0.05) is 17.3 Å². The van der Waals surface area contributed by atoms with Gasteiger partial charge in [-0.15, -0.1) is 0 Å². The maximum Gasteiger partial charge on any atom is 0.160 e. The van der Waals surface area contributed by atoms with Crippen molar-refractivity contribution in [3.8, 4) is 11.5 Å². The number of fused-ring (bicyclic) bond motifs is 1. The van der Waals surface area contributed by atoms with E-state index in [1.807, 2.05) is 24.3 Å². The number of allylic oxidation sites excluding steroid dienone is 2. The lowest BCUT2D eigenvalue weighted by Crippen LogP contribution is -2.66. The molecule has 6 aliphatic carbocycles. The summed E-state index contributed by atoms with van der Waals surface area (Å²) in [5, 5.41) is 32.8. The van der Waals surface area contributed by atoms with Crippen molar-refractivity contribution in [3.63, 3.8) is 0 Å². The van der Waals surface area contributed by atoms with Crippen LogP contribution in [0.3, 0.4) is 0 Å². The van der Waals surface area contributed by atoms with Gasteiger partial charge in [0.25, 0.3) is 0 Å². The number of hydrogen-bond acceptors (Lipinski definition) is 6. The van der Waals surface area contributed by atoms with Gasteiger partial charge in [-0.3, -0.25) is 9.59 Å². The summed E-state index contributed by atoms with van der Waals surface area (Å²) in [7, 11) is 0. The fourth-order valence-corrected chi connectivity index (χ4v) is 15.8. The van der Waals surface area contributed by atoms with Crippen molar-refractivity contribution in [1.82, 2.24) is 0 Å². The third-order valence-electron chi connectivity index (χ3n) is 17.8. The Hall–Kier alpha value is -2.96. The van der Waals surface area contributed by atoms with Crippen molar-refractivity contribution in [2.75, 3.05) is 0 Å². The molecule has 0 unspecified atom stereocenters. The highest BCUT2D eigenvalue weighted by atomic mass is 16.6. The molecule has 7 aliphatic rings. The number of benzene rings is 2. The highest BCUT2D eigenvalue weighted by molar-refractivity contribution is 6.01. The second-order valence-electron chi connectivity index (χ2n) is 20.6. The van der Waals surface area contributed by atoms with Crippen molar-refractivity contribution in [2.24, 2.45) is 45.3 Å². The number of ether oxygens (including phenoxy) is 1. The minimum Gasteiger partial charge on any atom is -0.508 e. The van der Waals surface area contributed by atoms with Crippen LogP contribution in [0, 0.1) is 45.3 Å². The zero-order chi connectivity index (χ0) is 38.2. The average Bonchev–Trinajstić information content (AvgIpc) is 3.41. The molecule has 54 heavy (non-hydrogen) atoms. The molecule has 6 fully saturated rings. The molecular weight excluding hydrogens is 673 g/mol. The lowest BCUT2D eigenvalue weighted by atomic mass is 9.34. The van der Waals surface area contributed by atoms with Gasteiger partial charge in [-0.05, 0) is 153 Å². The number of aromatic hydroxyl groups is 2. The number of carbonyl (C=O) groups is 2. The van der Waals surface area contributed by atoms with Crippen LogP contribution in [0.2, 0.25) is 0 Å². The van der Waals surface area contributed by atoms with Gasteiger partial charge in [-0.2, -0.15) is 0 Å². The van der Waals surface area contributed by atoms with Gasteiger partial charge < -0.3 is 20.1 Å². The van der Waals surface area contributed by atoms with Crippen LogP contribution in [0.1, 0.15) is 142 Å². The van der Waals surface area contributed by atoms with Crippen LogP contribution < -0.4 is 0 Å². The fourth-order valence-electron chi connectivity index (χ4n) is 15.8. The monoisotopic (exact) mass is 734 g/mol. The van der Waals surface area contributed by atoms with E-state index in [9.17, 15) is 24.9 Å². The summed E-state index contributed by atoms with van der Waals surface area (Å²) in [6, 6.07) is 15.2. The molecule has 1 heterocycles. The Labute approximate surface area is 322 Å². The van der Waals surface area contributed by atoms with Gasteiger partial charge in [0.2, 0.25) is 0 Å². The van der Waals surface area contributed by atoms with Crippen molar-refractivity contribution >= 4 is 11.6 Å². The van der Waals surface area contributed by atoms with Gasteiger partial charge in [-0.1, -0.05) is 77.3 Å². The van der Waals surface area contributed by atoms with Crippen molar-refractivity contribution in [1.29, 1.82) is 0 Å². The maximum absolute atomic E-state index is 15.0. The molecule has 1 spiro atoms. The van der Waals surface area contributed by atoms with Crippen LogP contribution >= 0.6 is 0 Å². The van der Waals surface area contributed by atoms with Crippen LogP contribution in [0.4, 0.5) is 0 Å². The van der Waals surface area contributed by atoms with E-state index in [0.29, 0.717) is 36.2 Å². The molecule has 6 nitrogen and oxygen atoms in total. The molecule has 1 saturated heterocycles. The number of Topliss-reactive ketones (excluding diaryl/α,β-unsaturated/α-hetero) is 2. The molecule has 6 heteroatoms. The van der Waals surface area contributed by atoms with Gasteiger partial charge in [0.15, 0.2) is 5.78 Å². The summed E-state index contributed by atoms with van der Waals surface area (Å²) >= 11 is 0. The first-order chi connectivity index (χ1) is 25.5. The first-order valence-electron chi connectivity index (χ1n) is 21.3. The van der Waals surface area contributed by atoms with E-state index in [4.69, 9.17) is 4.74 Å². The molecule has 290 valence electrons. The summed E-state index contributed by atoms with van der Waals surface area (Å²) in [6.45, 7) is 13.8. The van der Waals surface area contributed by atoms with Crippen molar-refractivity contribution < 1.29 is 29.6 Å². The fraction of sp³-hybridized carbons (Fsp3) is 0.667. The van der Waals surface area contributed by atoms with Crippen LogP contribution in [0.5, 0.6) is 11.5 Å². The van der Waals surface area contributed by atoms with Crippen LogP contribution in [-0.4, -0.2) is 44.7 Å². The van der Waals surface area contributed by atoms with Gasteiger partial charge in [0.1, 0.15) is 23.4 Å². The number of aliphatic hydroxyl groups is 1. The number of aliphatic hydroxyl groups excluding tert-OH is 1. The number of hydrogen-bond donors (Lipinski definition) is 3. The van der Waals surface area contributed by atoms with E-state index in [-0.39, 0.29) is 51.6 Å². The molecule has 0 radical (unpaired) electrons. The predicted molar refractivity (Wildman–Crippen MR) is 209 cm³/mol. The zero-order valence-electron chi connectivity index (χ0n) is 33.4. The SMILES string of the molecule is C[C@H](C[C@@H](O)[C@H]1O[C@]1(C)[C@@H]1CCC[C@H]1c1cccc(O)c1)C1=C2CC[C@@H]3[C@]4(C)C[C@]5(c6cccc(O)c6)CCC[C@@]2(CC1=O)[C@]3(C)CC[C@H]4C(C)(C)C5=O. The van der Waals surface area contributed by atoms with Gasteiger partial charge in [0.05, 0.1) is 17.1 Å². The second-order valence-corrected chi connectivity index (χ2v) is 20.6. The molecule has 5 bridgehead atoms. The minimum absolute atomic E-state index is 0.0610. The van der Waals surface area contributed by atoms with Gasteiger partial charge >= 0.3 is 0 Å². The molecule has 2 aromatic carbocycles.